The summed E-state index contributed by atoms with van der Waals surface area (Å²) in [6.07, 6.45) is 0. The first kappa shape index (κ1) is 20.4. The van der Waals surface area contributed by atoms with Crippen LogP contribution in [0.3, 0.4) is 0 Å². The molecule has 154 valence electrons. The number of hydrogen-bond donors (Lipinski definition) is 2. The topological polar surface area (TPSA) is 78.5 Å². The zero-order valence-electron chi connectivity index (χ0n) is 16.9. The minimum absolute atomic E-state index is 0.114. The number of aryl methyl sites for hydroxylation is 2. The molecule has 3 aromatic carbocycles. The van der Waals surface area contributed by atoms with Crippen LogP contribution in [0.2, 0.25) is 0 Å². The lowest BCUT2D eigenvalue weighted by Crippen LogP contribution is -2.34. The monoisotopic (exact) mass is 429 g/mol. The zero-order chi connectivity index (χ0) is 22.1. The molecule has 4 rings (SSSR count). The predicted molar refractivity (Wildman–Crippen MR) is 124 cm³/mol. The molecule has 2 N–H and O–H groups in total. The van der Waals surface area contributed by atoms with Crippen LogP contribution in [0.4, 0.5) is 11.4 Å². The molecule has 1 heterocycles. The molecule has 31 heavy (non-hydrogen) atoms. The number of amides is 3. The lowest BCUT2D eigenvalue weighted by atomic mass is 10.1. The summed E-state index contributed by atoms with van der Waals surface area (Å²) in [5.41, 5.74) is 4.33. The molecular weight excluding hydrogens is 410 g/mol. The maximum atomic E-state index is 12.7. The third-order valence-electron chi connectivity index (χ3n) is 5.15. The summed E-state index contributed by atoms with van der Waals surface area (Å²) in [5, 5.41) is 5.69. The molecule has 0 saturated carbocycles. The number of anilines is 2. The fraction of sp³-hybridized carbons (Fsp3) is 0.0833. The largest absolute Gasteiger partial charge is 0.332 e. The average Bonchev–Trinajstić information content (AvgIpc) is 3.00. The Labute approximate surface area is 184 Å². The van der Waals surface area contributed by atoms with Crippen LogP contribution < -0.4 is 15.5 Å². The van der Waals surface area contributed by atoms with Gasteiger partial charge < -0.3 is 5.32 Å². The van der Waals surface area contributed by atoms with Gasteiger partial charge in [-0.25, -0.2) is 4.90 Å². The van der Waals surface area contributed by atoms with E-state index < -0.39 is 0 Å². The summed E-state index contributed by atoms with van der Waals surface area (Å²) in [7, 11) is 0. The lowest BCUT2D eigenvalue weighted by molar-refractivity contribution is 0.0924. The van der Waals surface area contributed by atoms with Crippen molar-refractivity contribution in [1.82, 2.24) is 5.32 Å². The van der Waals surface area contributed by atoms with Gasteiger partial charge in [-0.2, -0.15) is 0 Å². The quantitative estimate of drug-likeness (QED) is 0.481. The summed E-state index contributed by atoms with van der Waals surface area (Å²) >= 11 is 5.26. The number of thiocarbonyl (C=S) groups is 1. The summed E-state index contributed by atoms with van der Waals surface area (Å²) in [5.74, 6) is -1.07. The van der Waals surface area contributed by atoms with E-state index in [2.05, 4.69) is 10.6 Å². The van der Waals surface area contributed by atoms with Crippen molar-refractivity contribution < 1.29 is 14.4 Å². The molecule has 0 aromatic heterocycles. The number of rotatable bonds is 3. The fourth-order valence-electron chi connectivity index (χ4n) is 3.37. The number of nitrogens with one attached hydrogen (secondary N) is 2. The molecule has 7 heteroatoms. The number of nitrogens with zero attached hydrogens (tertiary/aromatic N) is 1. The van der Waals surface area contributed by atoms with Crippen molar-refractivity contribution >= 4 is 46.4 Å². The minimum Gasteiger partial charge on any atom is -0.332 e. The molecule has 1 aliphatic rings. The highest BCUT2D eigenvalue weighted by Crippen LogP contribution is 2.29. The van der Waals surface area contributed by atoms with Crippen molar-refractivity contribution in [2.75, 3.05) is 10.2 Å². The second kappa shape index (κ2) is 8.12. The molecule has 0 aliphatic carbocycles. The van der Waals surface area contributed by atoms with Crippen LogP contribution in [0.15, 0.2) is 66.7 Å². The zero-order valence-corrected chi connectivity index (χ0v) is 17.7. The Balaban J connectivity index is 1.48. The van der Waals surface area contributed by atoms with E-state index >= 15 is 0 Å². The molecule has 0 fully saturated rings. The summed E-state index contributed by atoms with van der Waals surface area (Å²) in [4.78, 5) is 39.0. The Bertz CT molecular complexity index is 1220. The van der Waals surface area contributed by atoms with E-state index in [1.165, 1.54) is 0 Å². The summed E-state index contributed by atoms with van der Waals surface area (Å²) < 4.78 is 0. The highest BCUT2D eigenvalue weighted by atomic mass is 32.1. The molecule has 1 aliphatic heterocycles. The van der Waals surface area contributed by atoms with Gasteiger partial charge in [0, 0.05) is 11.3 Å². The molecule has 0 atom stereocenters. The van der Waals surface area contributed by atoms with Gasteiger partial charge in [-0.3, -0.25) is 19.7 Å². The number of hydrogen-bond acceptors (Lipinski definition) is 4. The minimum atomic E-state index is -0.372. The van der Waals surface area contributed by atoms with Gasteiger partial charge >= 0.3 is 0 Å². The molecule has 0 bridgehead atoms. The van der Waals surface area contributed by atoms with E-state index in [0.29, 0.717) is 28.1 Å². The van der Waals surface area contributed by atoms with Crippen molar-refractivity contribution in [3.8, 4) is 0 Å². The van der Waals surface area contributed by atoms with Gasteiger partial charge in [0.05, 0.1) is 16.8 Å². The second-order valence-corrected chi connectivity index (χ2v) is 7.66. The molecule has 0 spiro atoms. The van der Waals surface area contributed by atoms with Crippen molar-refractivity contribution in [3.05, 3.63) is 94.5 Å². The number of carbonyl (C=O) groups is 3. The average molecular weight is 430 g/mol. The van der Waals surface area contributed by atoms with Crippen LogP contribution in [0, 0.1) is 13.8 Å². The third kappa shape index (κ3) is 3.95. The molecule has 6 nitrogen and oxygen atoms in total. The van der Waals surface area contributed by atoms with E-state index in [0.717, 1.165) is 16.0 Å². The predicted octanol–water partition coefficient (Wildman–Crippen LogP) is 4.23. The smallest absolute Gasteiger partial charge is 0.266 e. The van der Waals surface area contributed by atoms with E-state index in [1.807, 2.05) is 19.9 Å². The van der Waals surface area contributed by atoms with Gasteiger partial charge in [-0.05, 0) is 79.7 Å². The van der Waals surface area contributed by atoms with Gasteiger partial charge in [0.15, 0.2) is 5.11 Å². The van der Waals surface area contributed by atoms with Crippen LogP contribution in [0.5, 0.6) is 0 Å². The van der Waals surface area contributed by atoms with Gasteiger partial charge in [0.2, 0.25) is 0 Å². The van der Waals surface area contributed by atoms with Gasteiger partial charge in [0.25, 0.3) is 17.7 Å². The van der Waals surface area contributed by atoms with Gasteiger partial charge in [0.1, 0.15) is 0 Å². The number of fused-ring (bicyclic) bond motifs is 1. The Hall–Kier alpha value is -3.84. The van der Waals surface area contributed by atoms with Crippen molar-refractivity contribution in [3.63, 3.8) is 0 Å². The molecule has 0 radical (unpaired) electrons. The molecule has 3 amide bonds. The van der Waals surface area contributed by atoms with Crippen LogP contribution in [-0.2, 0) is 0 Å². The Morgan fingerprint density at radius 3 is 2.16 bits per heavy atom. The molecular formula is C24H19N3O3S. The number of imide groups is 1. The molecule has 0 unspecified atom stereocenters. The van der Waals surface area contributed by atoms with E-state index in [1.54, 1.807) is 60.7 Å². The highest BCUT2D eigenvalue weighted by Gasteiger charge is 2.36. The Kier molecular flexibility index (Phi) is 5.35. The first-order chi connectivity index (χ1) is 14.8. The first-order valence-corrected chi connectivity index (χ1v) is 10.0. The number of benzene rings is 3. The summed E-state index contributed by atoms with van der Waals surface area (Å²) in [6.45, 7) is 3.91. The fourth-order valence-corrected chi connectivity index (χ4v) is 3.58. The Morgan fingerprint density at radius 2 is 1.52 bits per heavy atom. The molecule has 3 aromatic rings. The van der Waals surface area contributed by atoms with Crippen molar-refractivity contribution in [2.24, 2.45) is 0 Å². The van der Waals surface area contributed by atoms with E-state index in [-0.39, 0.29) is 22.8 Å². The van der Waals surface area contributed by atoms with E-state index in [4.69, 9.17) is 12.2 Å². The van der Waals surface area contributed by atoms with E-state index in [9.17, 15) is 14.4 Å². The SMILES string of the molecule is Cc1ccc(C(=O)NC(=S)Nc2cccc(N3C(=O)c4ccccc4C3=O)c2)cc1C. The standard InChI is InChI=1S/C24H19N3O3S/c1-14-10-11-16(12-15(14)2)21(28)26-24(31)25-17-6-5-7-18(13-17)27-22(29)19-8-3-4-9-20(19)23(27)30/h3-13H,1-2H3,(H2,25,26,28,31). The van der Waals surface area contributed by atoms with Crippen molar-refractivity contribution in [1.29, 1.82) is 0 Å². The first-order valence-electron chi connectivity index (χ1n) is 9.62. The van der Waals surface area contributed by atoms with Crippen molar-refractivity contribution in [2.45, 2.75) is 13.8 Å². The van der Waals surface area contributed by atoms with Crippen LogP contribution in [0.25, 0.3) is 0 Å². The number of carbonyl (C=O) groups excluding carboxylic acids is 3. The van der Waals surface area contributed by atoms with Gasteiger partial charge in [-0.15, -0.1) is 0 Å². The van der Waals surface area contributed by atoms with Crippen LogP contribution in [-0.4, -0.2) is 22.8 Å². The third-order valence-corrected chi connectivity index (χ3v) is 5.36. The van der Waals surface area contributed by atoms with Crippen LogP contribution in [0.1, 0.15) is 42.2 Å². The highest BCUT2D eigenvalue weighted by molar-refractivity contribution is 7.80. The molecule has 0 saturated heterocycles. The van der Waals surface area contributed by atoms with Crippen LogP contribution >= 0.6 is 12.2 Å². The maximum absolute atomic E-state index is 12.7. The van der Waals surface area contributed by atoms with Gasteiger partial charge in [-0.1, -0.05) is 24.3 Å². The second-order valence-electron chi connectivity index (χ2n) is 7.25. The summed E-state index contributed by atoms with van der Waals surface area (Å²) in [6, 6.07) is 18.9. The lowest BCUT2D eigenvalue weighted by Gasteiger charge is -2.16. The Morgan fingerprint density at radius 1 is 0.839 bits per heavy atom. The maximum Gasteiger partial charge on any atom is 0.266 e. The normalized spacial score (nSPS) is 12.5.